The standard InChI is InChI=1S/C22H22ClN3O3/c1-28-20-11-16-7-9-25(22(27)26-10-8-24-14-26)13-19(18(16)12-21(20)29-2)15-3-5-17(23)6-4-15/h3-6,8,10-12,14,19H,7,9,13H2,1-2H3. The molecule has 1 aromatic heterocycles. The lowest BCUT2D eigenvalue weighted by Crippen LogP contribution is -2.37. The van der Waals surface area contributed by atoms with Gasteiger partial charge in [-0.05, 0) is 47.4 Å². The van der Waals surface area contributed by atoms with Crippen molar-refractivity contribution in [2.75, 3.05) is 27.3 Å². The monoisotopic (exact) mass is 411 g/mol. The van der Waals surface area contributed by atoms with Crippen LogP contribution in [0.4, 0.5) is 4.79 Å². The molecule has 1 amide bonds. The molecule has 150 valence electrons. The average Bonchev–Trinajstić information content (AvgIpc) is 3.22. The molecule has 0 bridgehead atoms. The third-order valence-electron chi connectivity index (χ3n) is 5.34. The minimum absolute atomic E-state index is 0.0166. The van der Waals surface area contributed by atoms with Crippen LogP contribution < -0.4 is 9.47 Å². The topological polar surface area (TPSA) is 56.6 Å². The Morgan fingerprint density at radius 1 is 1.14 bits per heavy atom. The fraction of sp³-hybridized carbons (Fsp3) is 0.273. The second kappa shape index (κ2) is 8.17. The number of amides is 1. The van der Waals surface area contributed by atoms with Crippen molar-refractivity contribution in [3.8, 4) is 11.5 Å². The average molecular weight is 412 g/mol. The van der Waals surface area contributed by atoms with Crippen LogP contribution in [-0.2, 0) is 6.42 Å². The van der Waals surface area contributed by atoms with Crippen LogP contribution in [0.3, 0.4) is 0 Å². The number of imidazole rings is 1. The Morgan fingerprint density at radius 3 is 2.52 bits per heavy atom. The molecule has 2 aromatic carbocycles. The van der Waals surface area contributed by atoms with Crippen LogP contribution in [0.2, 0.25) is 5.02 Å². The zero-order valence-corrected chi connectivity index (χ0v) is 17.1. The zero-order valence-electron chi connectivity index (χ0n) is 16.3. The van der Waals surface area contributed by atoms with Gasteiger partial charge in [-0.15, -0.1) is 0 Å². The van der Waals surface area contributed by atoms with Gasteiger partial charge in [0.1, 0.15) is 6.33 Å². The van der Waals surface area contributed by atoms with Crippen molar-refractivity contribution < 1.29 is 14.3 Å². The minimum Gasteiger partial charge on any atom is -0.493 e. The lowest BCUT2D eigenvalue weighted by molar-refractivity contribution is 0.200. The second-order valence-electron chi connectivity index (χ2n) is 6.96. The maximum atomic E-state index is 13.0. The lowest BCUT2D eigenvalue weighted by Gasteiger charge is -2.26. The van der Waals surface area contributed by atoms with Crippen LogP contribution in [0.25, 0.3) is 0 Å². The fourth-order valence-corrected chi connectivity index (χ4v) is 3.96. The van der Waals surface area contributed by atoms with Crippen LogP contribution in [-0.4, -0.2) is 47.8 Å². The van der Waals surface area contributed by atoms with Crippen molar-refractivity contribution in [2.45, 2.75) is 12.3 Å². The van der Waals surface area contributed by atoms with Crippen molar-refractivity contribution in [1.82, 2.24) is 14.5 Å². The summed E-state index contributed by atoms with van der Waals surface area (Å²) in [7, 11) is 3.26. The van der Waals surface area contributed by atoms with Crippen LogP contribution >= 0.6 is 11.6 Å². The molecule has 0 spiro atoms. The number of ether oxygens (including phenoxy) is 2. The molecule has 0 radical (unpaired) electrons. The molecule has 1 atom stereocenters. The van der Waals surface area contributed by atoms with Crippen molar-refractivity contribution >= 4 is 17.6 Å². The summed E-state index contributed by atoms with van der Waals surface area (Å²) < 4.78 is 12.5. The predicted octanol–water partition coefficient (Wildman–Crippen LogP) is 4.21. The number of carbonyl (C=O) groups is 1. The van der Waals surface area contributed by atoms with Gasteiger partial charge in [0.25, 0.3) is 0 Å². The summed E-state index contributed by atoms with van der Waals surface area (Å²) in [6, 6.07) is 11.7. The van der Waals surface area contributed by atoms with Crippen molar-refractivity contribution in [3.05, 3.63) is 76.8 Å². The number of halogens is 1. The molecule has 29 heavy (non-hydrogen) atoms. The lowest BCUT2D eigenvalue weighted by atomic mass is 9.87. The molecule has 0 saturated carbocycles. The molecular weight excluding hydrogens is 390 g/mol. The Morgan fingerprint density at radius 2 is 1.86 bits per heavy atom. The molecule has 0 fully saturated rings. The Bertz CT molecular complexity index is 1000. The number of hydrogen-bond acceptors (Lipinski definition) is 4. The van der Waals surface area contributed by atoms with E-state index < -0.39 is 0 Å². The summed E-state index contributed by atoms with van der Waals surface area (Å²) in [4.78, 5) is 18.9. The first kappa shape index (κ1) is 19.3. The van der Waals surface area contributed by atoms with E-state index in [2.05, 4.69) is 4.98 Å². The van der Waals surface area contributed by atoms with Crippen molar-refractivity contribution in [3.63, 3.8) is 0 Å². The van der Waals surface area contributed by atoms with E-state index >= 15 is 0 Å². The van der Waals surface area contributed by atoms with Gasteiger partial charge in [-0.2, -0.15) is 0 Å². The van der Waals surface area contributed by atoms with Crippen LogP contribution in [0.1, 0.15) is 22.6 Å². The number of methoxy groups -OCH3 is 2. The van der Waals surface area contributed by atoms with Gasteiger partial charge in [-0.25, -0.2) is 9.78 Å². The number of nitrogens with zero attached hydrogens (tertiary/aromatic N) is 3. The summed E-state index contributed by atoms with van der Waals surface area (Å²) in [6.45, 7) is 1.14. The Balaban J connectivity index is 1.79. The van der Waals surface area contributed by atoms with Gasteiger partial charge in [-0.1, -0.05) is 23.7 Å². The molecule has 4 rings (SSSR count). The maximum Gasteiger partial charge on any atom is 0.329 e. The number of hydrogen-bond donors (Lipinski definition) is 0. The second-order valence-corrected chi connectivity index (χ2v) is 7.40. The summed E-state index contributed by atoms with van der Waals surface area (Å²) in [6.07, 6.45) is 5.53. The van der Waals surface area contributed by atoms with Gasteiger partial charge in [-0.3, -0.25) is 4.57 Å². The van der Waals surface area contributed by atoms with E-state index in [1.807, 2.05) is 41.3 Å². The molecule has 1 aliphatic heterocycles. The number of carbonyl (C=O) groups excluding carboxylic acids is 1. The van der Waals surface area contributed by atoms with E-state index in [1.165, 1.54) is 10.9 Å². The minimum atomic E-state index is -0.0896. The van der Waals surface area contributed by atoms with Crippen LogP contribution in [0.5, 0.6) is 11.5 Å². The molecule has 3 aromatic rings. The summed E-state index contributed by atoms with van der Waals surface area (Å²) in [5, 5.41) is 0.682. The highest BCUT2D eigenvalue weighted by molar-refractivity contribution is 6.30. The Kier molecular flexibility index (Phi) is 5.45. The maximum absolute atomic E-state index is 13.0. The van der Waals surface area contributed by atoms with Gasteiger partial charge < -0.3 is 14.4 Å². The normalized spacial score (nSPS) is 16.1. The van der Waals surface area contributed by atoms with E-state index in [-0.39, 0.29) is 11.9 Å². The quantitative estimate of drug-likeness (QED) is 0.647. The smallest absolute Gasteiger partial charge is 0.329 e. The molecule has 1 aliphatic rings. The van der Waals surface area contributed by atoms with Gasteiger partial charge in [0.15, 0.2) is 11.5 Å². The molecular formula is C22H22ClN3O3. The largest absolute Gasteiger partial charge is 0.493 e. The van der Waals surface area contributed by atoms with Gasteiger partial charge in [0.05, 0.1) is 14.2 Å². The van der Waals surface area contributed by atoms with Crippen molar-refractivity contribution in [2.24, 2.45) is 0 Å². The van der Waals surface area contributed by atoms with Crippen LogP contribution in [0.15, 0.2) is 55.1 Å². The first-order chi connectivity index (χ1) is 14.1. The SMILES string of the molecule is COc1cc2c(cc1OC)C(c1ccc(Cl)cc1)CN(C(=O)n1ccnc1)CC2. The molecule has 0 N–H and O–H groups in total. The van der Waals surface area contributed by atoms with Crippen LogP contribution in [0, 0.1) is 0 Å². The van der Waals surface area contributed by atoms with Gasteiger partial charge in [0, 0.05) is 36.4 Å². The number of benzene rings is 2. The van der Waals surface area contributed by atoms with Gasteiger partial charge >= 0.3 is 6.03 Å². The summed E-state index contributed by atoms with van der Waals surface area (Å²) >= 11 is 6.11. The number of fused-ring (bicyclic) bond motifs is 1. The zero-order chi connectivity index (χ0) is 20.4. The van der Waals surface area contributed by atoms with E-state index in [1.54, 1.807) is 26.6 Å². The summed E-state index contributed by atoms with van der Waals surface area (Å²) in [5.74, 6) is 1.35. The summed E-state index contributed by atoms with van der Waals surface area (Å²) in [5.41, 5.74) is 3.36. The highest BCUT2D eigenvalue weighted by atomic mass is 35.5. The third kappa shape index (κ3) is 3.80. The Hall–Kier alpha value is -2.99. The molecule has 1 unspecified atom stereocenters. The predicted molar refractivity (Wildman–Crippen MR) is 111 cm³/mol. The molecule has 2 heterocycles. The van der Waals surface area contributed by atoms with Gasteiger partial charge in [0.2, 0.25) is 0 Å². The van der Waals surface area contributed by atoms with Crippen molar-refractivity contribution in [1.29, 1.82) is 0 Å². The van der Waals surface area contributed by atoms with E-state index in [0.717, 1.165) is 23.1 Å². The molecule has 0 aliphatic carbocycles. The molecule has 0 saturated heterocycles. The Labute approximate surface area is 174 Å². The first-order valence-electron chi connectivity index (χ1n) is 9.38. The van der Waals surface area contributed by atoms with E-state index in [4.69, 9.17) is 21.1 Å². The number of rotatable bonds is 3. The molecule has 6 nitrogen and oxygen atoms in total. The van der Waals surface area contributed by atoms with E-state index in [0.29, 0.717) is 29.6 Å². The third-order valence-corrected chi connectivity index (χ3v) is 5.59. The first-order valence-corrected chi connectivity index (χ1v) is 9.76. The highest BCUT2D eigenvalue weighted by Gasteiger charge is 2.29. The van der Waals surface area contributed by atoms with E-state index in [9.17, 15) is 4.79 Å². The molecule has 7 heteroatoms. The highest BCUT2D eigenvalue weighted by Crippen LogP contribution is 2.39. The number of aromatic nitrogens is 2. The fourth-order valence-electron chi connectivity index (χ4n) is 3.83.